The highest BCUT2D eigenvalue weighted by molar-refractivity contribution is 7.20. The van der Waals surface area contributed by atoms with Gasteiger partial charge in [0.05, 0.1) is 20.2 Å². The maximum atomic E-state index is 6.31. The van der Waals surface area contributed by atoms with Crippen LogP contribution in [-0.2, 0) is 4.74 Å². The summed E-state index contributed by atoms with van der Waals surface area (Å²) in [6.07, 6.45) is 4.59. The third-order valence-electron chi connectivity index (χ3n) is 2.79. The van der Waals surface area contributed by atoms with Crippen molar-refractivity contribution in [3.63, 3.8) is 0 Å². The molecular formula is C11H13Cl3OS. The van der Waals surface area contributed by atoms with E-state index in [0.29, 0.717) is 14.8 Å². The molecule has 1 aliphatic heterocycles. The summed E-state index contributed by atoms with van der Waals surface area (Å²) in [6.45, 7) is 0.892. The molecule has 0 aromatic carbocycles. The van der Waals surface area contributed by atoms with Crippen molar-refractivity contribution in [3.8, 4) is 0 Å². The first-order valence-corrected chi connectivity index (χ1v) is 7.38. The maximum absolute atomic E-state index is 6.31. The lowest BCUT2D eigenvalue weighted by molar-refractivity contribution is 0.102. The largest absolute Gasteiger partial charge is 0.378 e. The molecule has 1 nitrogen and oxygen atoms in total. The quantitative estimate of drug-likeness (QED) is 0.686. The summed E-state index contributed by atoms with van der Waals surface area (Å²) in [7, 11) is 0. The minimum Gasteiger partial charge on any atom is -0.378 e. The number of hydrogen-bond acceptors (Lipinski definition) is 2. The standard InChI is InChI=1S/C11H13Cl3OS/c12-9(4-3-7-2-1-5-15-7)8-6-10(13)16-11(8)14/h6-7,9H,1-5H2. The van der Waals surface area contributed by atoms with Gasteiger partial charge in [-0.2, -0.15) is 0 Å². The van der Waals surface area contributed by atoms with Crippen molar-refractivity contribution in [2.75, 3.05) is 6.61 Å². The molecule has 5 heteroatoms. The molecule has 2 atom stereocenters. The SMILES string of the molecule is Clc1cc(C(Cl)CCC2CCCO2)c(Cl)s1. The zero-order valence-electron chi connectivity index (χ0n) is 8.72. The van der Waals surface area contributed by atoms with Gasteiger partial charge >= 0.3 is 0 Å². The highest BCUT2D eigenvalue weighted by Crippen LogP contribution is 2.39. The Labute approximate surface area is 115 Å². The van der Waals surface area contributed by atoms with E-state index in [-0.39, 0.29) is 5.38 Å². The van der Waals surface area contributed by atoms with Crippen LogP contribution in [-0.4, -0.2) is 12.7 Å². The fourth-order valence-corrected chi connectivity index (χ4v) is 3.92. The van der Waals surface area contributed by atoms with Crippen LogP contribution in [0.3, 0.4) is 0 Å². The van der Waals surface area contributed by atoms with Gasteiger partial charge in [0.2, 0.25) is 0 Å². The summed E-state index contributed by atoms with van der Waals surface area (Å²) >= 11 is 19.6. The van der Waals surface area contributed by atoms with Crippen LogP contribution in [0.15, 0.2) is 6.07 Å². The van der Waals surface area contributed by atoms with E-state index in [1.54, 1.807) is 0 Å². The van der Waals surface area contributed by atoms with Gasteiger partial charge in [-0.3, -0.25) is 0 Å². The molecule has 0 amide bonds. The Balaban J connectivity index is 1.87. The molecule has 2 rings (SSSR count). The highest BCUT2D eigenvalue weighted by atomic mass is 35.5. The summed E-state index contributed by atoms with van der Waals surface area (Å²) < 4.78 is 6.96. The van der Waals surface area contributed by atoms with E-state index in [1.165, 1.54) is 17.8 Å². The van der Waals surface area contributed by atoms with Gasteiger partial charge in [-0.05, 0) is 31.7 Å². The fraction of sp³-hybridized carbons (Fsp3) is 0.636. The van der Waals surface area contributed by atoms with Gasteiger partial charge in [-0.1, -0.05) is 23.2 Å². The van der Waals surface area contributed by atoms with E-state index in [1.807, 2.05) is 6.07 Å². The van der Waals surface area contributed by atoms with Crippen LogP contribution < -0.4 is 0 Å². The second-order valence-corrected chi connectivity index (χ2v) is 6.77. The molecular weight excluding hydrogens is 287 g/mol. The van der Waals surface area contributed by atoms with Gasteiger partial charge < -0.3 is 4.74 Å². The Morgan fingerprint density at radius 1 is 1.50 bits per heavy atom. The molecule has 16 heavy (non-hydrogen) atoms. The van der Waals surface area contributed by atoms with Crippen molar-refractivity contribution in [1.82, 2.24) is 0 Å². The Kier molecular flexibility index (Phi) is 4.80. The first-order valence-electron chi connectivity index (χ1n) is 5.37. The summed E-state index contributed by atoms with van der Waals surface area (Å²) in [5.74, 6) is 0. The van der Waals surface area contributed by atoms with Crippen LogP contribution in [0.4, 0.5) is 0 Å². The third-order valence-corrected chi connectivity index (χ3v) is 4.76. The van der Waals surface area contributed by atoms with Crippen molar-refractivity contribution in [1.29, 1.82) is 0 Å². The Morgan fingerprint density at radius 3 is 2.88 bits per heavy atom. The van der Waals surface area contributed by atoms with E-state index in [9.17, 15) is 0 Å². The van der Waals surface area contributed by atoms with Gasteiger partial charge in [0.25, 0.3) is 0 Å². The van der Waals surface area contributed by atoms with E-state index in [0.717, 1.165) is 31.4 Å². The highest BCUT2D eigenvalue weighted by Gasteiger charge is 2.20. The van der Waals surface area contributed by atoms with E-state index in [4.69, 9.17) is 39.5 Å². The monoisotopic (exact) mass is 298 g/mol. The van der Waals surface area contributed by atoms with Crippen molar-refractivity contribution < 1.29 is 4.74 Å². The van der Waals surface area contributed by atoms with Crippen molar-refractivity contribution >= 4 is 46.1 Å². The normalized spacial score (nSPS) is 22.6. The molecule has 0 bridgehead atoms. The van der Waals surface area contributed by atoms with Crippen LogP contribution in [0.1, 0.15) is 36.6 Å². The van der Waals surface area contributed by atoms with Crippen molar-refractivity contribution in [3.05, 3.63) is 20.3 Å². The first kappa shape index (κ1) is 13.0. The topological polar surface area (TPSA) is 9.23 Å². The molecule has 1 aliphatic rings. The first-order chi connectivity index (χ1) is 7.66. The fourth-order valence-electron chi connectivity index (χ4n) is 1.93. The number of hydrogen-bond donors (Lipinski definition) is 0. The van der Waals surface area contributed by atoms with Crippen LogP contribution in [0.2, 0.25) is 8.67 Å². The van der Waals surface area contributed by atoms with E-state index >= 15 is 0 Å². The molecule has 0 radical (unpaired) electrons. The molecule has 90 valence electrons. The van der Waals surface area contributed by atoms with Gasteiger partial charge in [0.1, 0.15) is 0 Å². The molecule has 1 saturated heterocycles. The maximum Gasteiger partial charge on any atom is 0.0991 e. The smallest absolute Gasteiger partial charge is 0.0991 e. The molecule has 0 saturated carbocycles. The van der Waals surface area contributed by atoms with Crippen LogP contribution in [0.25, 0.3) is 0 Å². The lowest BCUT2D eigenvalue weighted by atomic mass is 10.1. The third kappa shape index (κ3) is 3.27. The van der Waals surface area contributed by atoms with E-state index in [2.05, 4.69) is 0 Å². The Morgan fingerprint density at radius 2 is 2.31 bits per heavy atom. The molecule has 0 aliphatic carbocycles. The average molecular weight is 300 g/mol. The van der Waals surface area contributed by atoms with Crippen LogP contribution in [0.5, 0.6) is 0 Å². The molecule has 2 heterocycles. The predicted molar refractivity (Wildman–Crippen MR) is 71.1 cm³/mol. The zero-order chi connectivity index (χ0) is 11.5. The summed E-state index contributed by atoms with van der Waals surface area (Å²) in [5.41, 5.74) is 0.955. The molecule has 2 unspecified atom stereocenters. The van der Waals surface area contributed by atoms with Gasteiger partial charge in [0, 0.05) is 12.2 Å². The molecule has 1 aromatic rings. The number of rotatable bonds is 4. The lowest BCUT2D eigenvalue weighted by Crippen LogP contribution is -2.05. The number of ether oxygens (including phenoxy) is 1. The molecule has 1 fully saturated rings. The molecule has 0 spiro atoms. The van der Waals surface area contributed by atoms with Crippen LogP contribution >= 0.6 is 46.1 Å². The molecule has 0 N–H and O–H groups in total. The predicted octanol–water partition coefficient (Wildman–Crippen LogP) is 5.29. The van der Waals surface area contributed by atoms with Crippen molar-refractivity contribution in [2.45, 2.75) is 37.2 Å². The van der Waals surface area contributed by atoms with E-state index < -0.39 is 0 Å². The summed E-state index contributed by atoms with van der Waals surface area (Å²) in [4.78, 5) is 0. The second kappa shape index (κ2) is 5.92. The zero-order valence-corrected chi connectivity index (χ0v) is 11.8. The number of alkyl halides is 1. The van der Waals surface area contributed by atoms with Gasteiger partial charge in [-0.25, -0.2) is 0 Å². The van der Waals surface area contributed by atoms with Gasteiger partial charge in [0.15, 0.2) is 0 Å². The van der Waals surface area contributed by atoms with Crippen molar-refractivity contribution in [2.24, 2.45) is 0 Å². The Hall–Kier alpha value is 0.530. The Bertz CT molecular complexity index is 347. The summed E-state index contributed by atoms with van der Waals surface area (Å²) in [6, 6.07) is 1.86. The average Bonchev–Trinajstić information content (AvgIpc) is 2.84. The van der Waals surface area contributed by atoms with Crippen LogP contribution in [0, 0.1) is 0 Å². The minimum atomic E-state index is -0.0551. The minimum absolute atomic E-state index is 0.0551. The lowest BCUT2D eigenvalue weighted by Gasteiger charge is -2.12. The number of thiophene rings is 1. The number of halogens is 3. The summed E-state index contributed by atoms with van der Waals surface area (Å²) in [5, 5.41) is -0.0551. The molecule has 1 aromatic heterocycles. The van der Waals surface area contributed by atoms with Gasteiger partial charge in [-0.15, -0.1) is 22.9 Å². The second-order valence-electron chi connectivity index (χ2n) is 3.96.